The third kappa shape index (κ3) is 1.95. The maximum absolute atomic E-state index is 6.80. The highest BCUT2D eigenvalue weighted by Crippen LogP contribution is 2.05. The predicted molar refractivity (Wildman–Crippen MR) is 36.4 cm³/mol. The fourth-order valence-electron chi connectivity index (χ4n) is 0.420. The molecule has 0 aliphatic rings. The maximum atomic E-state index is 6.80. The molecular formula is C4H7N4S. The Bertz CT molecular complexity index is 150. The number of hydrogen-bond donors (Lipinski definition) is 1. The number of rotatable bonds is 3. The lowest BCUT2D eigenvalue weighted by Gasteiger charge is -1.94. The van der Waals surface area contributed by atoms with E-state index < -0.39 is 0 Å². The molecule has 9 heavy (non-hydrogen) atoms. The monoisotopic (exact) mass is 143 g/mol. The van der Waals surface area contributed by atoms with Gasteiger partial charge in [0.1, 0.15) is 5.51 Å². The van der Waals surface area contributed by atoms with Crippen LogP contribution in [0.4, 0.5) is 5.13 Å². The van der Waals surface area contributed by atoms with Crippen LogP contribution in [0.25, 0.3) is 0 Å². The molecule has 0 unspecified atom stereocenters. The van der Waals surface area contributed by atoms with Crippen LogP contribution in [0.1, 0.15) is 0 Å². The lowest BCUT2D eigenvalue weighted by Crippen LogP contribution is -2.05. The van der Waals surface area contributed by atoms with Crippen LogP contribution in [0.3, 0.4) is 0 Å². The largest absolute Gasteiger partial charge is 0.359 e. The molecule has 0 fully saturated rings. The van der Waals surface area contributed by atoms with Gasteiger partial charge in [0.25, 0.3) is 0 Å². The molecule has 0 aliphatic carbocycles. The molecular weight excluding hydrogens is 136 g/mol. The van der Waals surface area contributed by atoms with Crippen molar-refractivity contribution in [3.63, 3.8) is 0 Å². The Hall–Kier alpha value is -0.680. The third-order valence-electron chi connectivity index (χ3n) is 0.761. The minimum atomic E-state index is 0.375. The van der Waals surface area contributed by atoms with Gasteiger partial charge in [-0.3, -0.25) is 5.73 Å². The summed E-state index contributed by atoms with van der Waals surface area (Å²) in [5.41, 5.74) is 8.46. The van der Waals surface area contributed by atoms with Crippen molar-refractivity contribution < 1.29 is 0 Å². The summed E-state index contributed by atoms with van der Waals surface area (Å²) in [6.07, 6.45) is 0. The fraction of sp³-hybridized carbons (Fsp3) is 0.500. The van der Waals surface area contributed by atoms with Crippen molar-refractivity contribution in [1.82, 2.24) is 15.9 Å². The average Bonchev–Trinajstić information content (AvgIpc) is 2.34. The molecule has 4 nitrogen and oxygen atoms in total. The van der Waals surface area contributed by atoms with Gasteiger partial charge in [-0.15, -0.1) is 10.2 Å². The van der Waals surface area contributed by atoms with Gasteiger partial charge < -0.3 is 5.32 Å². The average molecular weight is 143 g/mol. The molecule has 0 spiro atoms. The molecule has 1 heterocycles. The quantitative estimate of drug-likeness (QED) is 0.659. The Labute approximate surface area is 57.1 Å². The third-order valence-corrected chi connectivity index (χ3v) is 1.41. The van der Waals surface area contributed by atoms with Crippen molar-refractivity contribution in [3.05, 3.63) is 5.51 Å². The summed E-state index contributed by atoms with van der Waals surface area (Å²) >= 11 is 1.45. The summed E-state index contributed by atoms with van der Waals surface area (Å²) in [7, 11) is 0. The zero-order valence-electron chi connectivity index (χ0n) is 4.79. The van der Waals surface area contributed by atoms with Gasteiger partial charge >= 0.3 is 0 Å². The summed E-state index contributed by atoms with van der Waals surface area (Å²) in [4.78, 5) is 0. The second kappa shape index (κ2) is 3.37. The van der Waals surface area contributed by atoms with E-state index in [2.05, 4.69) is 15.5 Å². The minimum absolute atomic E-state index is 0.375. The minimum Gasteiger partial charge on any atom is -0.359 e. The van der Waals surface area contributed by atoms with Crippen LogP contribution in [-0.4, -0.2) is 23.3 Å². The molecule has 5 heteroatoms. The summed E-state index contributed by atoms with van der Waals surface area (Å²) < 4.78 is 0. The van der Waals surface area contributed by atoms with Crippen molar-refractivity contribution in [2.75, 3.05) is 18.4 Å². The highest BCUT2D eigenvalue weighted by Gasteiger charge is 1.90. The van der Waals surface area contributed by atoms with Gasteiger partial charge in [0.2, 0.25) is 5.13 Å². The number of nitrogens with zero attached hydrogens (tertiary/aromatic N) is 2. The normalized spacial score (nSPS) is 9.44. The Morgan fingerprint density at radius 1 is 1.78 bits per heavy atom. The first-order chi connectivity index (χ1) is 4.43. The molecule has 49 valence electrons. The van der Waals surface area contributed by atoms with Gasteiger partial charge in [-0.1, -0.05) is 11.3 Å². The van der Waals surface area contributed by atoms with E-state index in [0.29, 0.717) is 13.1 Å². The van der Waals surface area contributed by atoms with Gasteiger partial charge in [0, 0.05) is 13.1 Å². The zero-order chi connectivity index (χ0) is 6.53. The molecule has 1 rings (SSSR count). The fourth-order valence-corrected chi connectivity index (χ4v) is 0.893. The molecule has 1 aromatic heterocycles. The van der Waals surface area contributed by atoms with E-state index in [1.165, 1.54) is 11.3 Å². The van der Waals surface area contributed by atoms with Crippen LogP contribution in [-0.2, 0) is 0 Å². The Morgan fingerprint density at radius 3 is 3.22 bits per heavy atom. The van der Waals surface area contributed by atoms with Gasteiger partial charge in [0.15, 0.2) is 0 Å². The molecule has 0 saturated carbocycles. The smallest absolute Gasteiger partial charge is 0.205 e. The van der Waals surface area contributed by atoms with Crippen LogP contribution < -0.4 is 11.1 Å². The van der Waals surface area contributed by atoms with Crippen molar-refractivity contribution in [2.45, 2.75) is 0 Å². The topological polar surface area (TPSA) is 61.6 Å². The molecule has 0 bridgehead atoms. The lowest BCUT2D eigenvalue weighted by atomic mass is 10.7. The van der Waals surface area contributed by atoms with E-state index in [1.54, 1.807) is 5.51 Å². The second-order valence-corrected chi connectivity index (χ2v) is 2.25. The summed E-state index contributed by atoms with van der Waals surface area (Å²) in [6, 6.07) is 0. The van der Waals surface area contributed by atoms with Crippen LogP contribution in [0, 0.1) is 0 Å². The van der Waals surface area contributed by atoms with Gasteiger partial charge in [-0.25, -0.2) is 0 Å². The van der Waals surface area contributed by atoms with E-state index in [9.17, 15) is 0 Å². The molecule has 1 aromatic rings. The lowest BCUT2D eigenvalue weighted by molar-refractivity contribution is 0.976. The first-order valence-electron chi connectivity index (χ1n) is 2.58. The van der Waals surface area contributed by atoms with Crippen molar-refractivity contribution in [2.24, 2.45) is 0 Å². The summed E-state index contributed by atoms with van der Waals surface area (Å²) in [5.74, 6) is 0. The molecule has 0 amide bonds. The highest BCUT2D eigenvalue weighted by atomic mass is 32.1. The first-order valence-corrected chi connectivity index (χ1v) is 3.46. The molecule has 0 aromatic carbocycles. The Balaban J connectivity index is 2.30. The first kappa shape index (κ1) is 6.44. The number of anilines is 1. The SMILES string of the molecule is [NH]CCNc1nncs1. The van der Waals surface area contributed by atoms with Crippen molar-refractivity contribution >= 4 is 16.5 Å². The standard InChI is InChI=1S/C4H7N4S/c5-1-2-6-4-8-7-3-9-4/h3,5H,1-2H2,(H,6,8). The van der Waals surface area contributed by atoms with E-state index in [1.807, 2.05) is 0 Å². The summed E-state index contributed by atoms with van der Waals surface area (Å²) in [5, 5.41) is 11.1. The van der Waals surface area contributed by atoms with Crippen LogP contribution in [0.2, 0.25) is 0 Å². The van der Waals surface area contributed by atoms with E-state index in [0.717, 1.165) is 5.13 Å². The second-order valence-electron chi connectivity index (χ2n) is 1.42. The van der Waals surface area contributed by atoms with Gasteiger partial charge in [0.05, 0.1) is 0 Å². The maximum Gasteiger partial charge on any atom is 0.205 e. The Morgan fingerprint density at radius 2 is 2.67 bits per heavy atom. The van der Waals surface area contributed by atoms with Gasteiger partial charge in [-0.2, -0.15) is 0 Å². The van der Waals surface area contributed by atoms with Crippen LogP contribution in [0.15, 0.2) is 5.51 Å². The van der Waals surface area contributed by atoms with Crippen molar-refractivity contribution in [1.29, 1.82) is 0 Å². The molecule has 0 aliphatic heterocycles. The molecule has 2 N–H and O–H groups in total. The predicted octanol–water partition coefficient (Wildman–Crippen LogP) is 0.233. The van der Waals surface area contributed by atoms with E-state index >= 15 is 0 Å². The van der Waals surface area contributed by atoms with Gasteiger partial charge in [-0.05, 0) is 0 Å². The highest BCUT2D eigenvalue weighted by molar-refractivity contribution is 7.13. The Kier molecular flexibility index (Phi) is 2.41. The number of hydrogen-bond acceptors (Lipinski definition) is 4. The van der Waals surface area contributed by atoms with E-state index in [4.69, 9.17) is 5.73 Å². The van der Waals surface area contributed by atoms with Crippen molar-refractivity contribution in [3.8, 4) is 0 Å². The zero-order valence-corrected chi connectivity index (χ0v) is 5.61. The number of nitrogens with one attached hydrogen (secondary N) is 2. The van der Waals surface area contributed by atoms with Crippen LogP contribution in [0.5, 0.6) is 0 Å². The molecule has 1 radical (unpaired) electrons. The number of aromatic nitrogens is 2. The van der Waals surface area contributed by atoms with E-state index in [-0.39, 0.29) is 0 Å². The molecule has 0 atom stereocenters. The summed E-state index contributed by atoms with van der Waals surface area (Å²) in [6.45, 7) is 1.02. The molecule has 0 saturated heterocycles. The van der Waals surface area contributed by atoms with Crippen LogP contribution >= 0.6 is 11.3 Å².